The van der Waals surface area contributed by atoms with Gasteiger partial charge in [-0.25, -0.2) is 4.39 Å². The number of nitrogens with one attached hydrogen (secondary N) is 1. The average Bonchev–Trinajstić information content (AvgIpc) is 3.04. The first-order chi connectivity index (χ1) is 11.0. The standard InChI is InChI=1S/C17H23FN2O3/c1-13(21)20(12-14-4-6-15(18)7-5-14)9-8-17(22)19-11-16-3-2-10-23-16/h4-7,16H,2-3,8-12H2,1H3,(H,19,22). The quantitative estimate of drug-likeness (QED) is 0.833. The Bertz CT molecular complexity index is 527. The lowest BCUT2D eigenvalue weighted by Gasteiger charge is -2.21. The molecule has 1 aliphatic heterocycles. The number of carbonyl (C=O) groups is 2. The Morgan fingerprint density at radius 3 is 2.70 bits per heavy atom. The van der Waals surface area contributed by atoms with Gasteiger partial charge < -0.3 is 15.0 Å². The number of carbonyl (C=O) groups excluding carboxylic acids is 2. The molecule has 0 saturated carbocycles. The zero-order chi connectivity index (χ0) is 16.7. The maximum atomic E-state index is 12.9. The van der Waals surface area contributed by atoms with Crippen molar-refractivity contribution in [2.75, 3.05) is 19.7 Å². The van der Waals surface area contributed by atoms with E-state index in [9.17, 15) is 14.0 Å². The Kier molecular flexibility index (Phi) is 6.52. The molecule has 1 heterocycles. The molecule has 1 aromatic rings. The minimum atomic E-state index is -0.309. The minimum absolute atomic E-state index is 0.0918. The van der Waals surface area contributed by atoms with Crippen LogP contribution in [0.5, 0.6) is 0 Å². The maximum absolute atomic E-state index is 12.9. The summed E-state index contributed by atoms with van der Waals surface area (Å²) in [5, 5.41) is 2.84. The van der Waals surface area contributed by atoms with E-state index in [1.165, 1.54) is 19.1 Å². The zero-order valence-corrected chi connectivity index (χ0v) is 13.4. The third kappa shape index (κ3) is 5.98. The van der Waals surface area contributed by atoms with E-state index in [-0.39, 0.29) is 30.2 Å². The monoisotopic (exact) mass is 322 g/mol. The molecule has 1 unspecified atom stereocenters. The van der Waals surface area contributed by atoms with E-state index in [2.05, 4.69) is 5.32 Å². The molecule has 2 rings (SSSR count). The third-order valence-electron chi connectivity index (χ3n) is 3.89. The molecule has 1 saturated heterocycles. The van der Waals surface area contributed by atoms with Gasteiger partial charge in [-0.15, -0.1) is 0 Å². The molecule has 1 aromatic carbocycles. The average molecular weight is 322 g/mol. The zero-order valence-electron chi connectivity index (χ0n) is 13.4. The Balaban J connectivity index is 1.76. The fraction of sp³-hybridized carbons (Fsp3) is 0.529. The van der Waals surface area contributed by atoms with Crippen molar-refractivity contribution in [1.29, 1.82) is 0 Å². The van der Waals surface area contributed by atoms with E-state index in [0.717, 1.165) is 25.0 Å². The van der Waals surface area contributed by atoms with Gasteiger partial charge in [0.05, 0.1) is 6.10 Å². The van der Waals surface area contributed by atoms with Crippen molar-refractivity contribution in [3.8, 4) is 0 Å². The van der Waals surface area contributed by atoms with Gasteiger partial charge in [0.1, 0.15) is 5.82 Å². The summed E-state index contributed by atoms with van der Waals surface area (Å²) in [4.78, 5) is 25.1. The molecule has 0 aliphatic carbocycles. The summed E-state index contributed by atoms with van der Waals surface area (Å²) < 4.78 is 18.4. The molecular weight excluding hydrogens is 299 g/mol. The van der Waals surface area contributed by atoms with E-state index in [0.29, 0.717) is 19.6 Å². The van der Waals surface area contributed by atoms with E-state index in [1.807, 2.05) is 0 Å². The lowest BCUT2D eigenvalue weighted by Crippen LogP contribution is -2.36. The molecule has 0 radical (unpaired) electrons. The Hall–Kier alpha value is -1.95. The van der Waals surface area contributed by atoms with Gasteiger partial charge in [0.25, 0.3) is 0 Å². The molecular formula is C17H23FN2O3. The predicted molar refractivity (Wildman–Crippen MR) is 84.1 cm³/mol. The highest BCUT2D eigenvalue weighted by Gasteiger charge is 2.17. The SMILES string of the molecule is CC(=O)N(CCC(=O)NCC1CCCO1)Cc1ccc(F)cc1. The molecule has 2 amide bonds. The topological polar surface area (TPSA) is 58.6 Å². The van der Waals surface area contributed by atoms with Gasteiger partial charge in [-0.3, -0.25) is 9.59 Å². The van der Waals surface area contributed by atoms with Gasteiger partial charge in [0.2, 0.25) is 11.8 Å². The highest BCUT2D eigenvalue weighted by atomic mass is 19.1. The summed E-state index contributed by atoms with van der Waals surface area (Å²) in [6.07, 6.45) is 2.37. The number of ether oxygens (including phenoxy) is 1. The summed E-state index contributed by atoms with van der Waals surface area (Å²) in [5.41, 5.74) is 0.835. The van der Waals surface area contributed by atoms with Crippen LogP contribution in [0.15, 0.2) is 24.3 Å². The highest BCUT2D eigenvalue weighted by molar-refractivity contribution is 5.78. The van der Waals surface area contributed by atoms with Gasteiger partial charge in [0.15, 0.2) is 0 Å². The number of hydrogen-bond donors (Lipinski definition) is 1. The summed E-state index contributed by atoms with van der Waals surface area (Å²) in [6.45, 7) is 3.46. The van der Waals surface area contributed by atoms with Crippen LogP contribution < -0.4 is 5.32 Å². The molecule has 1 atom stereocenters. The van der Waals surface area contributed by atoms with Crippen molar-refractivity contribution in [2.24, 2.45) is 0 Å². The number of hydrogen-bond acceptors (Lipinski definition) is 3. The van der Waals surface area contributed by atoms with Crippen LogP contribution in [0.3, 0.4) is 0 Å². The van der Waals surface area contributed by atoms with Crippen LogP contribution in [-0.2, 0) is 20.9 Å². The van der Waals surface area contributed by atoms with E-state index in [1.54, 1.807) is 17.0 Å². The fourth-order valence-corrected chi connectivity index (χ4v) is 2.52. The minimum Gasteiger partial charge on any atom is -0.376 e. The molecule has 0 bridgehead atoms. The lowest BCUT2D eigenvalue weighted by atomic mass is 10.2. The number of amides is 2. The van der Waals surface area contributed by atoms with Crippen molar-refractivity contribution in [3.63, 3.8) is 0 Å². The molecule has 5 nitrogen and oxygen atoms in total. The van der Waals surface area contributed by atoms with Crippen molar-refractivity contribution in [1.82, 2.24) is 10.2 Å². The predicted octanol–water partition coefficient (Wildman–Crippen LogP) is 1.86. The maximum Gasteiger partial charge on any atom is 0.221 e. The molecule has 1 aliphatic rings. The summed E-state index contributed by atoms with van der Waals surface area (Å²) >= 11 is 0. The van der Waals surface area contributed by atoms with Crippen LogP contribution in [-0.4, -0.2) is 42.5 Å². The number of rotatable bonds is 7. The molecule has 126 valence electrons. The number of halogens is 1. The van der Waals surface area contributed by atoms with Crippen LogP contribution in [0.4, 0.5) is 4.39 Å². The number of benzene rings is 1. The van der Waals surface area contributed by atoms with Gasteiger partial charge in [-0.1, -0.05) is 12.1 Å². The first kappa shape index (κ1) is 17.4. The van der Waals surface area contributed by atoms with Crippen molar-refractivity contribution < 1.29 is 18.7 Å². The smallest absolute Gasteiger partial charge is 0.221 e. The van der Waals surface area contributed by atoms with Gasteiger partial charge in [-0.2, -0.15) is 0 Å². The van der Waals surface area contributed by atoms with Crippen molar-refractivity contribution >= 4 is 11.8 Å². The van der Waals surface area contributed by atoms with E-state index < -0.39 is 0 Å². The third-order valence-corrected chi connectivity index (χ3v) is 3.89. The van der Waals surface area contributed by atoms with Crippen molar-refractivity contribution in [2.45, 2.75) is 38.8 Å². The van der Waals surface area contributed by atoms with Crippen LogP contribution in [0.2, 0.25) is 0 Å². The molecule has 1 N–H and O–H groups in total. The Labute approximate surface area is 135 Å². The second kappa shape index (κ2) is 8.62. The van der Waals surface area contributed by atoms with E-state index >= 15 is 0 Å². The second-order valence-corrected chi connectivity index (χ2v) is 5.76. The summed E-state index contributed by atoms with van der Waals surface area (Å²) in [5.74, 6) is -0.510. The highest BCUT2D eigenvalue weighted by Crippen LogP contribution is 2.11. The van der Waals surface area contributed by atoms with E-state index in [4.69, 9.17) is 4.74 Å². The van der Waals surface area contributed by atoms with Gasteiger partial charge >= 0.3 is 0 Å². The van der Waals surface area contributed by atoms with Crippen LogP contribution >= 0.6 is 0 Å². The normalized spacial score (nSPS) is 17.0. The van der Waals surface area contributed by atoms with Gasteiger partial charge in [0, 0.05) is 39.6 Å². The van der Waals surface area contributed by atoms with Crippen molar-refractivity contribution in [3.05, 3.63) is 35.6 Å². The summed E-state index contributed by atoms with van der Waals surface area (Å²) in [6, 6.07) is 6.01. The lowest BCUT2D eigenvalue weighted by molar-refractivity contribution is -0.130. The van der Waals surface area contributed by atoms with Crippen LogP contribution in [0.25, 0.3) is 0 Å². The molecule has 6 heteroatoms. The Morgan fingerprint density at radius 1 is 1.35 bits per heavy atom. The first-order valence-electron chi connectivity index (χ1n) is 7.93. The molecule has 23 heavy (non-hydrogen) atoms. The molecule has 0 spiro atoms. The first-order valence-corrected chi connectivity index (χ1v) is 7.93. The van der Waals surface area contributed by atoms with Crippen LogP contribution in [0, 0.1) is 5.82 Å². The molecule has 1 fully saturated rings. The fourth-order valence-electron chi connectivity index (χ4n) is 2.52. The number of nitrogens with zero attached hydrogens (tertiary/aromatic N) is 1. The second-order valence-electron chi connectivity index (χ2n) is 5.76. The Morgan fingerprint density at radius 2 is 2.09 bits per heavy atom. The largest absolute Gasteiger partial charge is 0.376 e. The molecule has 0 aromatic heterocycles. The van der Waals surface area contributed by atoms with Gasteiger partial charge in [-0.05, 0) is 30.5 Å². The summed E-state index contributed by atoms with van der Waals surface area (Å²) in [7, 11) is 0. The van der Waals surface area contributed by atoms with Crippen LogP contribution in [0.1, 0.15) is 31.7 Å².